The van der Waals surface area contributed by atoms with Gasteiger partial charge in [-0.3, -0.25) is 0 Å². The van der Waals surface area contributed by atoms with Gasteiger partial charge in [0.25, 0.3) is 0 Å². The smallest absolute Gasteiger partial charge is 1.00 e. The van der Waals surface area contributed by atoms with Crippen molar-refractivity contribution in [2.24, 2.45) is 0 Å². The van der Waals surface area contributed by atoms with E-state index in [1.165, 1.54) is 0 Å². The summed E-state index contributed by atoms with van der Waals surface area (Å²) in [5.41, 5.74) is 0. The zero-order valence-corrected chi connectivity index (χ0v) is 9.99. The molecule has 11 heavy (non-hydrogen) atoms. The number of carbonyl (C=O) groups is 1. The number of rotatable bonds is 3. The van der Waals surface area contributed by atoms with Crippen molar-refractivity contribution >= 4 is 6.16 Å². The molecule has 0 radical (unpaired) electrons. The molecule has 64 valence electrons. The van der Waals surface area contributed by atoms with Gasteiger partial charge in [0.05, 0.1) is 6.61 Å². The van der Waals surface area contributed by atoms with Gasteiger partial charge < -0.3 is 22.1 Å². The van der Waals surface area contributed by atoms with Crippen molar-refractivity contribution in [2.75, 3.05) is 19.7 Å². The average molecular weight is 191 g/mol. The fourth-order valence-corrected chi connectivity index (χ4v) is 0.256. The van der Waals surface area contributed by atoms with Crippen LogP contribution in [0, 0.1) is 0 Å². The second-order valence-corrected chi connectivity index (χ2v) is 1.36. The van der Waals surface area contributed by atoms with Crippen LogP contribution >= 0.6 is 0 Å². The summed E-state index contributed by atoms with van der Waals surface area (Å²) in [4.78, 5) is 8.56. The quantitative estimate of drug-likeness (QED) is 0.281. The normalized spacial score (nSPS) is 7.09. The molecule has 0 bridgehead atoms. The number of hydrogen-bond donors (Lipinski definition) is 4. The Morgan fingerprint density at radius 1 is 1.55 bits per heavy atom. The molecule has 0 aromatic heterocycles. The molecule has 0 aliphatic rings. The molecular formula is C5H14KNO4. The van der Waals surface area contributed by atoms with E-state index in [1.54, 1.807) is 0 Å². The van der Waals surface area contributed by atoms with E-state index in [0.717, 1.165) is 13.1 Å². The summed E-state index contributed by atoms with van der Waals surface area (Å²) in [7, 11) is 0. The van der Waals surface area contributed by atoms with Crippen LogP contribution in [0.3, 0.4) is 0 Å². The van der Waals surface area contributed by atoms with Gasteiger partial charge in [0.2, 0.25) is 0 Å². The van der Waals surface area contributed by atoms with Crippen molar-refractivity contribution in [3.8, 4) is 0 Å². The van der Waals surface area contributed by atoms with Crippen LogP contribution in [0.2, 0.25) is 0 Å². The second kappa shape index (κ2) is 17.1. The third-order valence-electron chi connectivity index (χ3n) is 0.539. The number of hydrogen-bond acceptors (Lipinski definition) is 3. The van der Waals surface area contributed by atoms with E-state index in [9.17, 15) is 0 Å². The molecule has 0 aromatic carbocycles. The molecule has 5 nitrogen and oxygen atoms in total. The predicted octanol–water partition coefficient (Wildman–Crippen LogP) is -3.07. The predicted molar refractivity (Wildman–Crippen MR) is 37.4 cm³/mol. The SMILES string of the molecule is CCNCCO.O=C(O)O.[H-].[K+]. The number of aliphatic hydroxyl groups excluding tert-OH is 1. The molecule has 0 spiro atoms. The van der Waals surface area contributed by atoms with E-state index >= 15 is 0 Å². The van der Waals surface area contributed by atoms with E-state index in [2.05, 4.69) is 5.32 Å². The van der Waals surface area contributed by atoms with Crippen molar-refractivity contribution in [2.45, 2.75) is 6.92 Å². The monoisotopic (exact) mass is 191 g/mol. The summed E-state index contributed by atoms with van der Waals surface area (Å²) in [6, 6.07) is 0. The van der Waals surface area contributed by atoms with E-state index in [0.29, 0.717) is 0 Å². The fourth-order valence-electron chi connectivity index (χ4n) is 0.256. The van der Waals surface area contributed by atoms with Gasteiger partial charge in [-0.2, -0.15) is 0 Å². The molecule has 0 fully saturated rings. The Bertz CT molecular complexity index is 77.8. The van der Waals surface area contributed by atoms with E-state index in [1.807, 2.05) is 6.92 Å². The van der Waals surface area contributed by atoms with Gasteiger partial charge in [-0.25, -0.2) is 4.79 Å². The Labute approximate surface area is 110 Å². The van der Waals surface area contributed by atoms with E-state index in [-0.39, 0.29) is 59.4 Å². The third-order valence-corrected chi connectivity index (χ3v) is 0.539. The molecule has 4 N–H and O–H groups in total. The number of carboxylic acid groups (broad SMARTS) is 2. The molecule has 0 rings (SSSR count). The topological polar surface area (TPSA) is 89.8 Å². The minimum absolute atomic E-state index is 0. The van der Waals surface area contributed by atoms with Gasteiger partial charge in [0, 0.05) is 6.54 Å². The minimum atomic E-state index is -1.83. The van der Waals surface area contributed by atoms with Crippen LogP contribution < -0.4 is 56.7 Å². The van der Waals surface area contributed by atoms with Crippen LogP contribution in [0.15, 0.2) is 0 Å². The van der Waals surface area contributed by atoms with E-state index < -0.39 is 6.16 Å². The van der Waals surface area contributed by atoms with Crippen LogP contribution in [0.25, 0.3) is 0 Å². The number of nitrogens with one attached hydrogen (secondary N) is 1. The molecule has 0 aromatic rings. The summed E-state index contributed by atoms with van der Waals surface area (Å²) in [6.07, 6.45) is -1.83. The van der Waals surface area contributed by atoms with Crippen LogP contribution in [0.5, 0.6) is 0 Å². The molecular weight excluding hydrogens is 177 g/mol. The standard InChI is InChI=1S/C4H11NO.CH2O3.K.H/c1-2-5-3-4-6;2-1(3)4;;/h5-6H,2-4H2,1H3;(H2,2,3,4);;/q;;+1;-1. The first-order valence-corrected chi connectivity index (χ1v) is 2.88. The molecule has 0 heterocycles. The molecule has 0 saturated carbocycles. The Morgan fingerprint density at radius 3 is 2.00 bits per heavy atom. The molecule has 0 aliphatic carbocycles. The molecule has 0 unspecified atom stereocenters. The van der Waals surface area contributed by atoms with Crippen LogP contribution in [0.1, 0.15) is 8.35 Å². The van der Waals surface area contributed by atoms with Crippen LogP contribution in [0.4, 0.5) is 4.79 Å². The van der Waals surface area contributed by atoms with Gasteiger partial charge in [-0.15, -0.1) is 0 Å². The van der Waals surface area contributed by atoms with Gasteiger partial charge >= 0.3 is 57.5 Å². The van der Waals surface area contributed by atoms with Crippen molar-refractivity contribution in [1.82, 2.24) is 5.32 Å². The third kappa shape index (κ3) is 57.6. The number of likely N-dealkylation sites (N-methyl/N-ethyl adjacent to an activating group) is 1. The zero-order valence-electron chi connectivity index (χ0n) is 7.87. The fraction of sp³-hybridized carbons (Fsp3) is 0.800. The molecule has 0 atom stereocenters. The van der Waals surface area contributed by atoms with Gasteiger partial charge in [0.1, 0.15) is 0 Å². The average Bonchev–Trinajstić information content (AvgIpc) is 1.82. The van der Waals surface area contributed by atoms with Crippen molar-refractivity contribution in [1.29, 1.82) is 0 Å². The maximum atomic E-state index is 8.56. The summed E-state index contributed by atoms with van der Waals surface area (Å²) < 4.78 is 0. The summed E-state index contributed by atoms with van der Waals surface area (Å²) in [5.74, 6) is 0. The summed E-state index contributed by atoms with van der Waals surface area (Å²) in [6.45, 7) is 3.92. The summed E-state index contributed by atoms with van der Waals surface area (Å²) in [5, 5.41) is 25.0. The Balaban J connectivity index is -0.0000000483. The maximum absolute atomic E-state index is 8.56. The van der Waals surface area contributed by atoms with Crippen LogP contribution in [-0.4, -0.2) is 41.2 Å². The summed E-state index contributed by atoms with van der Waals surface area (Å²) >= 11 is 0. The first-order chi connectivity index (χ1) is 4.65. The van der Waals surface area contributed by atoms with Crippen molar-refractivity contribution in [3.05, 3.63) is 0 Å². The first kappa shape index (κ1) is 17.8. The molecule has 6 heteroatoms. The molecule has 0 aliphatic heterocycles. The molecule has 0 saturated heterocycles. The minimum Gasteiger partial charge on any atom is -1.00 e. The largest absolute Gasteiger partial charge is 1.00 e. The van der Waals surface area contributed by atoms with Gasteiger partial charge in [-0.1, -0.05) is 6.92 Å². The Kier molecular flexibility index (Phi) is 27.6. The van der Waals surface area contributed by atoms with Crippen molar-refractivity contribution < 1.29 is 72.9 Å². The zero-order chi connectivity index (χ0) is 8.41. The number of aliphatic hydroxyl groups is 1. The van der Waals surface area contributed by atoms with Gasteiger partial charge in [0.15, 0.2) is 0 Å². The maximum Gasteiger partial charge on any atom is 1.00 e. The second-order valence-electron chi connectivity index (χ2n) is 1.36. The Morgan fingerprint density at radius 2 is 1.91 bits per heavy atom. The molecule has 0 amide bonds. The van der Waals surface area contributed by atoms with E-state index in [4.69, 9.17) is 20.1 Å². The Hall–Kier alpha value is 0.826. The van der Waals surface area contributed by atoms with Crippen LogP contribution in [-0.2, 0) is 0 Å². The van der Waals surface area contributed by atoms with Gasteiger partial charge in [-0.05, 0) is 6.54 Å². The first-order valence-electron chi connectivity index (χ1n) is 2.88. The van der Waals surface area contributed by atoms with Crippen molar-refractivity contribution in [3.63, 3.8) is 0 Å².